The summed E-state index contributed by atoms with van der Waals surface area (Å²) in [5, 5.41) is 11.8. The lowest BCUT2D eigenvalue weighted by molar-refractivity contribution is -0.122. The molecule has 13 heavy (non-hydrogen) atoms. The van der Waals surface area contributed by atoms with E-state index in [9.17, 15) is 9.90 Å². The van der Waals surface area contributed by atoms with Crippen LogP contribution in [0.5, 0.6) is 0 Å². The second kappa shape index (κ2) is 4.22. The van der Waals surface area contributed by atoms with E-state index in [4.69, 9.17) is 34.8 Å². The molecule has 0 aliphatic heterocycles. The van der Waals surface area contributed by atoms with E-state index in [0.29, 0.717) is 0 Å². The van der Waals surface area contributed by atoms with Gasteiger partial charge in [0.15, 0.2) is 0 Å². The van der Waals surface area contributed by atoms with Crippen LogP contribution in [0.1, 0.15) is 20.8 Å². The van der Waals surface area contributed by atoms with Crippen LogP contribution in [0.15, 0.2) is 0 Å². The second-order valence-electron chi connectivity index (χ2n) is 3.35. The summed E-state index contributed by atoms with van der Waals surface area (Å²) in [5.41, 5.74) is -1.05. The van der Waals surface area contributed by atoms with Gasteiger partial charge in [0, 0.05) is 0 Å². The van der Waals surface area contributed by atoms with Gasteiger partial charge in [0.2, 0.25) is 0 Å². The van der Waals surface area contributed by atoms with Crippen LogP contribution in [0.25, 0.3) is 0 Å². The van der Waals surface area contributed by atoms with Crippen molar-refractivity contribution in [3.8, 4) is 0 Å². The fourth-order valence-electron chi connectivity index (χ4n) is 0.455. The van der Waals surface area contributed by atoms with Crippen molar-refractivity contribution in [3.63, 3.8) is 0 Å². The normalized spacial score (nSPS) is 15.3. The molecular weight excluding hydrogens is 236 g/mol. The predicted molar refractivity (Wildman–Crippen MR) is 54.2 cm³/mol. The fraction of sp³-hybridized carbons (Fsp3) is 0.857. The number of halogens is 3. The van der Waals surface area contributed by atoms with E-state index in [1.54, 1.807) is 20.8 Å². The molecule has 78 valence electrons. The first-order chi connectivity index (χ1) is 5.55. The van der Waals surface area contributed by atoms with Gasteiger partial charge in [0.25, 0.3) is 9.70 Å². The monoisotopic (exact) mass is 247 g/mol. The van der Waals surface area contributed by atoms with Crippen LogP contribution in [0.4, 0.5) is 0 Å². The molecule has 0 saturated heterocycles. The lowest BCUT2D eigenvalue weighted by Crippen LogP contribution is -2.50. The van der Waals surface area contributed by atoms with Crippen molar-refractivity contribution in [2.75, 3.05) is 0 Å². The molecule has 0 aromatic rings. The van der Waals surface area contributed by atoms with Crippen LogP contribution in [-0.4, -0.2) is 26.4 Å². The summed E-state index contributed by atoms with van der Waals surface area (Å²) >= 11 is 15.9. The van der Waals surface area contributed by atoms with Gasteiger partial charge in [-0.1, -0.05) is 34.8 Å². The number of carbonyl (C=O) groups excluding carboxylic acids is 1. The summed E-state index contributed by atoms with van der Waals surface area (Å²) < 4.78 is -1.99. The lowest BCUT2D eigenvalue weighted by Gasteiger charge is -2.27. The Labute approximate surface area is 92.3 Å². The van der Waals surface area contributed by atoms with Crippen LogP contribution in [0.2, 0.25) is 0 Å². The molecule has 1 unspecified atom stereocenters. The van der Waals surface area contributed by atoms with E-state index < -0.39 is 21.3 Å². The number of aliphatic hydroxyl groups is 1. The number of carbonyl (C=O) groups is 1. The van der Waals surface area contributed by atoms with Gasteiger partial charge in [-0.3, -0.25) is 4.79 Å². The van der Waals surface area contributed by atoms with Gasteiger partial charge in [0.05, 0.1) is 11.6 Å². The summed E-state index contributed by atoms with van der Waals surface area (Å²) in [4.78, 5) is 11.1. The molecule has 0 aliphatic carbocycles. The average Bonchev–Trinajstić information content (AvgIpc) is 1.82. The summed E-state index contributed by atoms with van der Waals surface area (Å²) in [5.74, 6) is -0.743. The SMILES string of the molecule is CC(NC(=O)C(Cl)(Cl)Cl)C(C)(C)O. The van der Waals surface area contributed by atoms with Crippen molar-refractivity contribution in [3.05, 3.63) is 0 Å². The van der Waals surface area contributed by atoms with Crippen LogP contribution in [0, 0.1) is 0 Å². The van der Waals surface area contributed by atoms with E-state index in [2.05, 4.69) is 5.32 Å². The summed E-state index contributed by atoms with van der Waals surface area (Å²) in [6.07, 6.45) is 0. The van der Waals surface area contributed by atoms with E-state index >= 15 is 0 Å². The Morgan fingerprint density at radius 1 is 1.38 bits per heavy atom. The number of nitrogens with one attached hydrogen (secondary N) is 1. The highest BCUT2D eigenvalue weighted by atomic mass is 35.6. The predicted octanol–water partition coefficient (Wildman–Crippen LogP) is 1.63. The highest BCUT2D eigenvalue weighted by molar-refractivity contribution is 6.76. The minimum atomic E-state index is -1.99. The third kappa shape index (κ3) is 4.91. The Morgan fingerprint density at radius 3 is 2.00 bits per heavy atom. The summed E-state index contributed by atoms with van der Waals surface area (Å²) in [6, 6.07) is -0.490. The zero-order valence-corrected chi connectivity index (χ0v) is 9.83. The number of rotatable bonds is 2. The standard InChI is InChI=1S/C7H12Cl3NO2/c1-4(6(2,3)13)11-5(12)7(8,9)10/h4,13H,1-3H3,(H,11,12). The first kappa shape index (κ1) is 13.3. The third-order valence-electron chi connectivity index (χ3n) is 1.66. The minimum Gasteiger partial charge on any atom is -0.388 e. The average molecular weight is 249 g/mol. The van der Waals surface area contributed by atoms with Crippen LogP contribution in [-0.2, 0) is 4.79 Å². The van der Waals surface area contributed by atoms with Crippen molar-refractivity contribution in [2.24, 2.45) is 0 Å². The quantitative estimate of drug-likeness (QED) is 0.730. The minimum absolute atomic E-state index is 0.490. The zero-order chi connectivity index (χ0) is 10.9. The molecule has 0 rings (SSSR count). The van der Waals surface area contributed by atoms with Crippen LogP contribution >= 0.6 is 34.8 Å². The first-order valence-corrected chi connectivity index (χ1v) is 4.78. The maximum absolute atomic E-state index is 11.1. The van der Waals surface area contributed by atoms with Crippen molar-refractivity contribution in [1.82, 2.24) is 5.32 Å². The van der Waals surface area contributed by atoms with Gasteiger partial charge in [-0.05, 0) is 20.8 Å². The van der Waals surface area contributed by atoms with Gasteiger partial charge in [-0.25, -0.2) is 0 Å². The van der Waals surface area contributed by atoms with Gasteiger partial charge in [-0.2, -0.15) is 0 Å². The lowest BCUT2D eigenvalue weighted by atomic mass is 10.0. The molecule has 6 heteroatoms. The molecule has 0 heterocycles. The Balaban J connectivity index is 4.24. The Bertz CT molecular complexity index is 195. The smallest absolute Gasteiger partial charge is 0.272 e. The van der Waals surface area contributed by atoms with E-state index in [0.717, 1.165) is 0 Å². The number of hydrogen-bond acceptors (Lipinski definition) is 2. The molecule has 0 aliphatic rings. The molecule has 0 bridgehead atoms. The van der Waals surface area contributed by atoms with Gasteiger partial charge in [0.1, 0.15) is 0 Å². The van der Waals surface area contributed by atoms with Gasteiger partial charge in [-0.15, -0.1) is 0 Å². The molecule has 3 nitrogen and oxygen atoms in total. The summed E-state index contributed by atoms with van der Waals surface area (Å²) in [7, 11) is 0. The van der Waals surface area contributed by atoms with Crippen molar-refractivity contribution >= 4 is 40.7 Å². The number of hydrogen-bond donors (Lipinski definition) is 2. The number of alkyl halides is 3. The van der Waals surface area contributed by atoms with E-state index in [1.807, 2.05) is 0 Å². The molecule has 0 spiro atoms. The topological polar surface area (TPSA) is 49.3 Å². The zero-order valence-electron chi connectivity index (χ0n) is 7.57. The maximum atomic E-state index is 11.1. The summed E-state index contributed by atoms with van der Waals surface area (Å²) in [6.45, 7) is 4.72. The molecule has 0 fully saturated rings. The van der Waals surface area contributed by atoms with Gasteiger partial charge >= 0.3 is 0 Å². The van der Waals surface area contributed by atoms with Crippen molar-refractivity contribution < 1.29 is 9.90 Å². The second-order valence-corrected chi connectivity index (χ2v) is 5.63. The fourth-order valence-corrected chi connectivity index (χ4v) is 0.619. The van der Waals surface area contributed by atoms with Crippen molar-refractivity contribution in [1.29, 1.82) is 0 Å². The first-order valence-electron chi connectivity index (χ1n) is 3.65. The molecular formula is C7H12Cl3NO2. The molecule has 1 amide bonds. The molecule has 0 aromatic heterocycles. The van der Waals surface area contributed by atoms with Crippen molar-refractivity contribution in [2.45, 2.75) is 36.2 Å². The van der Waals surface area contributed by atoms with Gasteiger partial charge < -0.3 is 10.4 Å². The highest BCUT2D eigenvalue weighted by Gasteiger charge is 2.34. The third-order valence-corrected chi connectivity index (χ3v) is 2.18. The Kier molecular flexibility index (Phi) is 4.31. The molecule has 0 saturated carbocycles. The maximum Gasteiger partial charge on any atom is 0.272 e. The largest absolute Gasteiger partial charge is 0.388 e. The molecule has 0 aromatic carbocycles. The Morgan fingerprint density at radius 2 is 1.77 bits per heavy atom. The number of amides is 1. The van der Waals surface area contributed by atoms with E-state index in [-0.39, 0.29) is 0 Å². The highest BCUT2D eigenvalue weighted by Crippen LogP contribution is 2.26. The Hall–Kier alpha value is 0.300. The van der Waals surface area contributed by atoms with Crippen LogP contribution in [0.3, 0.4) is 0 Å². The van der Waals surface area contributed by atoms with E-state index in [1.165, 1.54) is 0 Å². The van der Waals surface area contributed by atoms with Crippen LogP contribution < -0.4 is 5.32 Å². The molecule has 1 atom stereocenters. The molecule has 2 N–H and O–H groups in total. The molecule has 0 radical (unpaired) electrons.